The van der Waals surface area contributed by atoms with E-state index in [-0.39, 0.29) is 11.8 Å². The van der Waals surface area contributed by atoms with Crippen molar-refractivity contribution in [3.05, 3.63) is 29.8 Å². The van der Waals surface area contributed by atoms with Gasteiger partial charge in [-0.05, 0) is 24.1 Å². The number of ether oxygens (including phenoxy) is 1. The Bertz CT molecular complexity index is 406. The van der Waals surface area contributed by atoms with Gasteiger partial charge in [0.2, 0.25) is 0 Å². The molecule has 1 aliphatic heterocycles. The Morgan fingerprint density at radius 1 is 1.35 bits per heavy atom. The second kappa shape index (κ2) is 4.99. The Labute approximate surface area is 97.5 Å². The standard InChI is InChI=1S/C11H13F2N3O/c12-10(13)17-8-3-1-7(2-4-8)9-5-6-15-11(14)16-9/h1-4,9-10H,5-6H2,(H3,14,15,16). The predicted octanol–water partition coefficient (Wildman–Crippen LogP) is 1.64. The van der Waals surface area contributed by atoms with Crippen LogP contribution in [0.1, 0.15) is 18.0 Å². The van der Waals surface area contributed by atoms with E-state index in [1.165, 1.54) is 12.1 Å². The number of halogens is 2. The van der Waals surface area contributed by atoms with Crippen LogP contribution in [0.15, 0.2) is 29.3 Å². The maximum atomic E-state index is 12.0. The second-order valence-corrected chi connectivity index (χ2v) is 3.70. The number of nitrogens with two attached hydrogens (primary N) is 1. The smallest absolute Gasteiger partial charge is 0.387 e. The molecule has 1 heterocycles. The average molecular weight is 241 g/mol. The Balaban J connectivity index is 2.05. The van der Waals surface area contributed by atoms with E-state index in [0.29, 0.717) is 12.5 Å². The lowest BCUT2D eigenvalue weighted by Gasteiger charge is -2.23. The Kier molecular flexibility index (Phi) is 3.41. The zero-order valence-electron chi connectivity index (χ0n) is 9.07. The van der Waals surface area contributed by atoms with Crippen LogP contribution in [0.25, 0.3) is 0 Å². The topological polar surface area (TPSA) is 59.6 Å². The Hall–Kier alpha value is -1.85. The first kappa shape index (κ1) is 11.6. The van der Waals surface area contributed by atoms with E-state index >= 15 is 0 Å². The van der Waals surface area contributed by atoms with E-state index in [1.807, 2.05) is 0 Å². The van der Waals surface area contributed by atoms with Gasteiger partial charge in [-0.2, -0.15) is 8.78 Å². The third-order valence-corrected chi connectivity index (χ3v) is 2.53. The molecule has 4 nitrogen and oxygen atoms in total. The molecule has 1 aromatic carbocycles. The molecule has 1 unspecified atom stereocenters. The molecule has 0 fully saturated rings. The number of hydrogen-bond acceptors (Lipinski definition) is 4. The first-order valence-electron chi connectivity index (χ1n) is 5.26. The van der Waals surface area contributed by atoms with E-state index in [4.69, 9.17) is 5.73 Å². The quantitative estimate of drug-likeness (QED) is 0.845. The number of rotatable bonds is 3. The van der Waals surface area contributed by atoms with Crippen molar-refractivity contribution in [1.82, 2.24) is 5.32 Å². The lowest BCUT2D eigenvalue weighted by Crippen LogP contribution is -2.38. The highest BCUT2D eigenvalue weighted by Gasteiger charge is 2.15. The summed E-state index contributed by atoms with van der Waals surface area (Å²) in [6.07, 6.45) is 0.829. The molecule has 0 saturated carbocycles. The summed E-state index contributed by atoms with van der Waals surface area (Å²) in [6.45, 7) is -2.13. The molecule has 0 amide bonds. The van der Waals surface area contributed by atoms with Crippen LogP contribution in [-0.2, 0) is 0 Å². The number of aliphatic imine (C=N–C) groups is 1. The van der Waals surface area contributed by atoms with Crippen LogP contribution < -0.4 is 15.8 Å². The molecular formula is C11H13F2N3O. The third kappa shape index (κ3) is 3.05. The summed E-state index contributed by atoms with van der Waals surface area (Å²) < 4.78 is 28.2. The van der Waals surface area contributed by atoms with Crippen LogP contribution in [0.2, 0.25) is 0 Å². The van der Waals surface area contributed by atoms with E-state index in [1.54, 1.807) is 12.1 Å². The number of guanidine groups is 1. The highest BCUT2D eigenvalue weighted by molar-refractivity contribution is 5.78. The van der Waals surface area contributed by atoms with Crippen LogP contribution in [-0.4, -0.2) is 19.1 Å². The molecule has 1 aromatic rings. The molecule has 2 rings (SSSR count). The Morgan fingerprint density at radius 3 is 2.65 bits per heavy atom. The van der Waals surface area contributed by atoms with Crippen LogP contribution in [0.3, 0.4) is 0 Å². The molecule has 17 heavy (non-hydrogen) atoms. The van der Waals surface area contributed by atoms with E-state index < -0.39 is 6.61 Å². The largest absolute Gasteiger partial charge is 0.435 e. The van der Waals surface area contributed by atoms with Crippen molar-refractivity contribution >= 4 is 5.96 Å². The number of nitrogens with one attached hydrogen (secondary N) is 1. The fourth-order valence-electron chi connectivity index (χ4n) is 1.74. The molecule has 6 heteroatoms. The Morgan fingerprint density at radius 2 is 2.06 bits per heavy atom. The van der Waals surface area contributed by atoms with E-state index in [0.717, 1.165) is 12.0 Å². The van der Waals surface area contributed by atoms with Crippen LogP contribution in [0.4, 0.5) is 8.78 Å². The molecule has 0 radical (unpaired) electrons. The zero-order chi connectivity index (χ0) is 12.3. The van der Waals surface area contributed by atoms with Crippen molar-refractivity contribution in [3.63, 3.8) is 0 Å². The number of hydrogen-bond donors (Lipinski definition) is 2. The third-order valence-electron chi connectivity index (χ3n) is 2.53. The van der Waals surface area contributed by atoms with E-state index in [9.17, 15) is 8.78 Å². The molecular weight excluding hydrogens is 228 g/mol. The number of nitrogens with zero attached hydrogens (tertiary/aromatic N) is 1. The van der Waals surface area contributed by atoms with Gasteiger partial charge in [-0.25, -0.2) is 0 Å². The summed E-state index contributed by atoms with van der Waals surface area (Å²) in [7, 11) is 0. The molecule has 92 valence electrons. The molecule has 3 N–H and O–H groups in total. The first-order valence-corrected chi connectivity index (χ1v) is 5.26. The normalized spacial score (nSPS) is 19.7. The lowest BCUT2D eigenvalue weighted by molar-refractivity contribution is -0.0498. The van der Waals surface area contributed by atoms with Gasteiger partial charge >= 0.3 is 6.61 Å². The summed E-state index contributed by atoms with van der Waals surface area (Å²) in [4.78, 5) is 4.02. The number of benzene rings is 1. The minimum Gasteiger partial charge on any atom is -0.435 e. The fraction of sp³-hybridized carbons (Fsp3) is 0.364. The van der Waals surface area contributed by atoms with E-state index in [2.05, 4.69) is 15.0 Å². The first-order chi connectivity index (χ1) is 8.15. The fourth-order valence-corrected chi connectivity index (χ4v) is 1.74. The number of alkyl halides is 2. The monoisotopic (exact) mass is 241 g/mol. The molecule has 0 bridgehead atoms. The highest BCUT2D eigenvalue weighted by Crippen LogP contribution is 2.22. The zero-order valence-corrected chi connectivity index (χ0v) is 9.07. The van der Waals surface area contributed by atoms with Crippen LogP contribution in [0.5, 0.6) is 5.75 Å². The highest BCUT2D eigenvalue weighted by atomic mass is 19.3. The van der Waals surface area contributed by atoms with Crippen molar-refractivity contribution in [2.24, 2.45) is 10.7 Å². The van der Waals surface area contributed by atoms with Gasteiger partial charge in [0, 0.05) is 6.54 Å². The summed E-state index contributed by atoms with van der Waals surface area (Å²) in [5.74, 6) is 0.565. The predicted molar refractivity (Wildman–Crippen MR) is 60.1 cm³/mol. The van der Waals surface area contributed by atoms with Gasteiger partial charge in [0.15, 0.2) is 5.96 Å². The van der Waals surface area contributed by atoms with Crippen molar-refractivity contribution in [2.75, 3.05) is 6.54 Å². The molecule has 1 aliphatic rings. The van der Waals surface area contributed by atoms with Gasteiger partial charge in [0.1, 0.15) is 5.75 Å². The summed E-state index contributed by atoms with van der Waals surface area (Å²) in [5, 5.41) is 3.03. The van der Waals surface area contributed by atoms with Gasteiger partial charge in [0.05, 0.1) is 6.04 Å². The maximum absolute atomic E-state index is 12.0. The van der Waals surface area contributed by atoms with Gasteiger partial charge in [-0.15, -0.1) is 0 Å². The van der Waals surface area contributed by atoms with Crippen molar-refractivity contribution < 1.29 is 13.5 Å². The molecule has 1 atom stereocenters. The van der Waals surface area contributed by atoms with Crippen molar-refractivity contribution in [2.45, 2.75) is 19.1 Å². The van der Waals surface area contributed by atoms with Crippen molar-refractivity contribution in [1.29, 1.82) is 0 Å². The van der Waals surface area contributed by atoms with Crippen LogP contribution >= 0.6 is 0 Å². The molecule has 0 aliphatic carbocycles. The summed E-state index contributed by atoms with van der Waals surface area (Å²) in [5.41, 5.74) is 6.55. The summed E-state index contributed by atoms with van der Waals surface area (Å²) >= 11 is 0. The minimum atomic E-state index is -2.79. The lowest BCUT2D eigenvalue weighted by atomic mass is 10.0. The molecule has 0 spiro atoms. The van der Waals surface area contributed by atoms with Gasteiger partial charge in [0.25, 0.3) is 0 Å². The SMILES string of the molecule is NC1=NCCC(c2ccc(OC(F)F)cc2)N1. The summed E-state index contributed by atoms with van der Waals surface area (Å²) in [6, 6.07) is 6.60. The second-order valence-electron chi connectivity index (χ2n) is 3.70. The van der Waals surface area contributed by atoms with Crippen LogP contribution in [0, 0.1) is 0 Å². The maximum Gasteiger partial charge on any atom is 0.387 e. The van der Waals surface area contributed by atoms with Crippen molar-refractivity contribution in [3.8, 4) is 5.75 Å². The van der Waals surface area contributed by atoms with Gasteiger partial charge < -0.3 is 15.8 Å². The van der Waals surface area contributed by atoms with Gasteiger partial charge in [-0.3, -0.25) is 4.99 Å². The molecule has 0 saturated heterocycles. The average Bonchev–Trinajstić information content (AvgIpc) is 2.29. The molecule has 0 aromatic heterocycles. The van der Waals surface area contributed by atoms with Gasteiger partial charge in [-0.1, -0.05) is 12.1 Å². The minimum absolute atomic E-state index is 0.0769.